The highest BCUT2D eigenvalue weighted by Gasteiger charge is 2.52. The molecule has 0 saturated carbocycles. The fourth-order valence-corrected chi connectivity index (χ4v) is 2.48. The Morgan fingerprint density at radius 1 is 1.39 bits per heavy atom. The first kappa shape index (κ1) is 17.0. The smallest absolute Gasteiger partial charge is 0.394 e. The normalized spacial score (nSPS) is 21.3. The lowest BCUT2D eigenvalue weighted by Gasteiger charge is -2.19. The second-order valence-corrected chi connectivity index (χ2v) is 5.12. The number of anilines is 1. The molecular formula is C14H15F3N2O4. The first-order valence-electron chi connectivity index (χ1n) is 6.91. The summed E-state index contributed by atoms with van der Waals surface area (Å²) in [5, 5.41) is 8.98. The van der Waals surface area contributed by atoms with Gasteiger partial charge in [0, 0.05) is 19.3 Å². The Bertz CT molecular complexity index is 589. The van der Waals surface area contributed by atoms with E-state index in [1.165, 1.54) is 23.2 Å². The zero-order chi connectivity index (χ0) is 17.2. The van der Waals surface area contributed by atoms with Crippen LogP contribution in [0.4, 0.5) is 19.0 Å². The van der Waals surface area contributed by atoms with E-state index in [4.69, 9.17) is 9.84 Å². The van der Waals surface area contributed by atoms with Crippen molar-refractivity contribution in [2.24, 2.45) is 11.8 Å². The van der Waals surface area contributed by atoms with Crippen LogP contribution < -0.4 is 4.90 Å². The number of carbonyl (C=O) groups is 2. The van der Waals surface area contributed by atoms with Crippen LogP contribution in [0.5, 0.6) is 0 Å². The molecule has 6 nitrogen and oxygen atoms in total. The molecule has 2 rings (SSSR count). The number of esters is 1. The van der Waals surface area contributed by atoms with Gasteiger partial charge in [-0.25, -0.2) is 9.78 Å². The molecule has 0 amide bonds. The van der Waals surface area contributed by atoms with Crippen LogP contribution in [0.25, 0.3) is 0 Å². The predicted molar refractivity (Wildman–Crippen MR) is 73.1 cm³/mol. The van der Waals surface area contributed by atoms with Crippen LogP contribution in [0.2, 0.25) is 0 Å². The molecule has 23 heavy (non-hydrogen) atoms. The van der Waals surface area contributed by atoms with Crippen molar-refractivity contribution in [2.75, 3.05) is 24.6 Å². The molecule has 1 aliphatic rings. The van der Waals surface area contributed by atoms with Gasteiger partial charge in [0.05, 0.1) is 24.0 Å². The van der Waals surface area contributed by atoms with E-state index in [0.29, 0.717) is 0 Å². The van der Waals surface area contributed by atoms with Crippen LogP contribution in [-0.4, -0.2) is 47.9 Å². The summed E-state index contributed by atoms with van der Waals surface area (Å²) in [4.78, 5) is 27.7. The summed E-state index contributed by atoms with van der Waals surface area (Å²) in [6.45, 7) is 1.07. The number of hydrogen-bond donors (Lipinski definition) is 1. The van der Waals surface area contributed by atoms with E-state index in [1.807, 2.05) is 0 Å². The molecule has 1 saturated heterocycles. The summed E-state index contributed by atoms with van der Waals surface area (Å²) in [6.07, 6.45) is -3.40. The molecule has 0 bridgehead atoms. The molecule has 1 fully saturated rings. The Labute approximate surface area is 129 Å². The molecule has 2 heterocycles. The first-order chi connectivity index (χ1) is 10.7. The molecular weight excluding hydrogens is 317 g/mol. The summed E-state index contributed by atoms with van der Waals surface area (Å²) in [5.74, 6) is -5.37. The molecule has 0 unspecified atom stereocenters. The number of aromatic nitrogens is 1. The van der Waals surface area contributed by atoms with Crippen LogP contribution >= 0.6 is 0 Å². The SMILES string of the molecule is CCOC(=O)c1ccc(N2C[C@@H](C(F)(F)F)[C@H](C(=O)O)C2)nc1. The standard InChI is InChI=1S/C14H15F3N2O4/c1-2-23-13(22)8-3-4-11(18-5-8)19-6-9(12(20)21)10(7-19)14(15,16)17/h3-5,9-10H,2,6-7H2,1H3,(H,20,21)/t9-,10-/m1/s1. The van der Waals surface area contributed by atoms with Crippen LogP contribution in [0.1, 0.15) is 17.3 Å². The number of carboxylic acid groups (broad SMARTS) is 1. The number of hydrogen-bond acceptors (Lipinski definition) is 5. The van der Waals surface area contributed by atoms with Crippen molar-refractivity contribution in [1.29, 1.82) is 0 Å². The van der Waals surface area contributed by atoms with Gasteiger partial charge in [0.25, 0.3) is 0 Å². The maximum atomic E-state index is 12.9. The zero-order valence-electron chi connectivity index (χ0n) is 12.2. The van der Waals surface area contributed by atoms with Gasteiger partial charge in [0.1, 0.15) is 5.82 Å². The Morgan fingerprint density at radius 3 is 2.52 bits per heavy atom. The Balaban J connectivity index is 2.16. The Kier molecular flexibility index (Phi) is 4.76. The average Bonchev–Trinajstić information content (AvgIpc) is 2.93. The minimum absolute atomic E-state index is 0.178. The van der Waals surface area contributed by atoms with Crippen LogP contribution in [0.3, 0.4) is 0 Å². The van der Waals surface area contributed by atoms with E-state index in [-0.39, 0.29) is 24.5 Å². The van der Waals surface area contributed by atoms with Crippen LogP contribution in [-0.2, 0) is 9.53 Å². The first-order valence-corrected chi connectivity index (χ1v) is 6.91. The number of rotatable bonds is 4. The van der Waals surface area contributed by atoms with Crippen molar-refractivity contribution in [2.45, 2.75) is 13.1 Å². The average molecular weight is 332 g/mol. The van der Waals surface area contributed by atoms with Gasteiger partial charge in [-0.05, 0) is 19.1 Å². The molecule has 0 radical (unpaired) electrons. The van der Waals surface area contributed by atoms with Gasteiger partial charge in [-0.3, -0.25) is 4.79 Å². The highest BCUT2D eigenvalue weighted by molar-refractivity contribution is 5.89. The Morgan fingerprint density at radius 2 is 2.09 bits per heavy atom. The van der Waals surface area contributed by atoms with Gasteiger partial charge < -0.3 is 14.7 Å². The lowest BCUT2D eigenvalue weighted by molar-refractivity contribution is -0.187. The number of nitrogens with zero attached hydrogens (tertiary/aromatic N) is 2. The van der Waals surface area contributed by atoms with Gasteiger partial charge >= 0.3 is 18.1 Å². The van der Waals surface area contributed by atoms with Crippen molar-refractivity contribution < 1.29 is 32.6 Å². The molecule has 2 atom stereocenters. The topological polar surface area (TPSA) is 79.7 Å². The largest absolute Gasteiger partial charge is 0.481 e. The molecule has 0 spiro atoms. The van der Waals surface area contributed by atoms with Gasteiger partial charge in [0.15, 0.2) is 0 Å². The molecule has 126 valence electrons. The molecule has 0 aliphatic carbocycles. The Hall–Kier alpha value is -2.32. The maximum Gasteiger partial charge on any atom is 0.394 e. The fourth-order valence-electron chi connectivity index (χ4n) is 2.48. The minimum Gasteiger partial charge on any atom is -0.481 e. The van der Waals surface area contributed by atoms with Crippen molar-refractivity contribution >= 4 is 17.8 Å². The van der Waals surface area contributed by atoms with Gasteiger partial charge in [-0.2, -0.15) is 13.2 Å². The molecule has 1 aromatic rings. The van der Waals surface area contributed by atoms with E-state index < -0.39 is 36.5 Å². The number of halogens is 3. The van der Waals surface area contributed by atoms with E-state index in [2.05, 4.69) is 4.98 Å². The highest BCUT2D eigenvalue weighted by atomic mass is 19.4. The number of alkyl halides is 3. The molecule has 9 heteroatoms. The van der Waals surface area contributed by atoms with Gasteiger partial charge in [-0.1, -0.05) is 0 Å². The second-order valence-electron chi connectivity index (χ2n) is 5.12. The van der Waals surface area contributed by atoms with E-state index in [1.54, 1.807) is 6.92 Å². The van der Waals surface area contributed by atoms with Crippen molar-refractivity contribution in [3.63, 3.8) is 0 Å². The van der Waals surface area contributed by atoms with Crippen LogP contribution in [0.15, 0.2) is 18.3 Å². The van der Waals surface area contributed by atoms with Gasteiger partial charge in [-0.15, -0.1) is 0 Å². The zero-order valence-corrected chi connectivity index (χ0v) is 12.2. The van der Waals surface area contributed by atoms with Gasteiger partial charge in [0.2, 0.25) is 0 Å². The van der Waals surface area contributed by atoms with E-state index in [0.717, 1.165) is 0 Å². The number of carbonyl (C=O) groups excluding carboxylic acids is 1. The molecule has 1 N–H and O–H groups in total. The third-order valence-electron chi connectivity index (χ3n) is 3.64. The summed E-state index contributed by atoms with van der Waals surface area (Å²) in [7, 11) is 0. The van der Waals surface area contributed by atoms with Crippen molar-refractivity contribution in [3.8, 4) is 0 Å². The summed E-state index contributed by atoms with van der Waals surface area (Å²) < 4.78 is 43.6. The predicted octanol–water partition coefficient (Wildman–Crippen LogP) is 1.96. The lowest BCUT2D eigenvalue weighted by atomic mass is 9.96. The van der Waals surface area contributed by atoms with Crippen molar-refractivity contribution in [3.05, 3.63) is 23.9 Å². The lowest BCUT2D eigenvalue weighted by Crippen LogP contribution is -2.33. The summed E-state index contributed by atoms with van der Waals surface area (Å²) in [6, 6.07) is 2.76. The number of ether oxygens (including phenoxy) is 1. The highest BCUT2D eigenvalue weighted by Crippen LogP contribution is 2.38. The number of carboxylic acids is 1. The molecule has 1 aliphatic heterocycles. The second kappa shape index (κ2) is 6.43. The summed E-state index contributed by atoms with van der Waals surface area (Å²) >= 11 is 0. The third-order valence-corrected chi connectivity index (χ3v) is 3.64. The third kappa shape index (κ3) is 3.72. The monoisotopic (exact) mass is 332 g/mol. The molecule has 0 aromatic carbocycles. The minimum atomic E-state index is -4.59. The van der Waals surface area contributed by atoms with E-state index >= 15 is 0 Å². The maximum absolute atomic E-state index is 12.9. The number of aliphatic carboxylic acids is 1. The quantitative estimate of drug-likeness (QED) is 0.849. The van der Waals surface area contributed by atoms with Crippen LogP contribution in [0, 0.1) is 11.8 Å². The fraction of sp³-hybridized carbons (Fsp3) is 0.500. The molecule has 1 aromatic heterocycles. The van der Waals surface area contributed by atoms with E-state index in [9.17, 15) is 22.8 Å². The van der Waals surface area contributed by atoms with Crippen molar-refractivity contribution in [1.82, 2.24) is 4.98 Å². The number of pyridine rings is 1. The summed E-state index contributed by atoms with van der Waals surface area (Å²) in [5.41, 5.74) is 0.178.